The van der Waals surface area contributed by atoms with Crippen molar-refractivity contribution in [2.75, 3.05) is 18.8 Å². The van der Waals surface area contributed by atoms with Crippen LogP contribution in [0.5, 0.6) is 0 Å². The molecular weight excluding hydrogens is 260 g/mol. The summed E-state index contributed by atoms with van der Waals surface area (Å²) < 4.78 is 26.0. The van der Waals surface area contributed by atoms with Gasteiger partial charge in [0.25, 0.3) is 0 Å². The van der Waals surface area contributed by atoms with Crippen LogP contribution in [0, 0.1) is 0 Å². The van der Waals surface area contributed by atoms with E-state index in [4.69, 9.17) is 17.3 Å². The lowest BCUT2D eigenvalue weighted by molar-refractivity contribution is 0.438. The number of halogens is 1. The topological polar surface area (TPSA) is 63.4 Å². The Kier molecular flexibility index (Phi) is 3.42. The van der Waals surface area contributed by atoms with Gasteiger partial charge in [0.05, 0.1) is 5.69 Å². The summed E-state index contributed by atoms with van der Waals surface area (Å²) in [6.45, 7) is 0.860. The van der Waals surface area contributed by atoms with Crippen molar-refractivity contribution in [1.29, 1.82) is 0 Å². The van der Waals surface area contributed by atoms with Crippen molar-refractivity contribution >= 4 is 27.3 Å². The van der Waals surface area contributed by atoms with Crippen molar-refractivity contribution in [2.24, 2.45) is 0 Å². The van der Waals surface area contributed by atoms with Crippen LogP contribution >= 0.6 is 11.6 Å². The molecule has 0 aromatic heterocycles. The Balaban J connectivity index is 2.44. The Hall–Kier alpha value is -1.04. The summed E-state index contributed by atoms with van der Waals surface area (Å²) >= 11 is 5.81. The van der Waals surface area contributed by atoms with E-state index in [9.17, 15) is 8.42 Å². The van der Waals surface area contributed by atoms with Crippen molar-refractivity contribution in [3.8, 4) is 0 Å². The van der Waals surface area contributed by atoms with Gasteiger partial charge in [0.1, 0.15) is 4.90 Å². The highest BCUT2D eigenvalue weighted by molar-refractivity contribution is 7.89. The fourth-order valence-corrected chi connectivity index (χ4v) is 3.49. The second-order valence-corrected chi connectivity index (χ2v) is 6.15. The molecule has 0 aliphatic carbocycles. The average Bonchev–Trinajstić information content (AvgIpc) is 2.33. The van der Waals surface area contributed by atoms with E-state index >= 15 is 0 Å². The lowest BCUT2D eigenvalue weighted by atomic mass is 10.3. The van der Waals surface area contributed by atoms with Crippen LogP contribution in [-0.4, -0.2) is 25.8 Å². The summed E-state index contributed by atoms with van der Waals surface area (Å²) in [5, 5.41) is 0.366. The van der Waals surface area contributed by atoms with Gasteiger partial charge in [-0.05, 0) is 24.6 Å². The number of rotatable bonds is 2. The average molecular weight is 273 g/mol. The summed E-state index contributed by atoms with van der Waals surface area (Å²) in [4.78, 5) is 0.0836. The first-order valence-corrected chi connectivity index (χ1v) is 7.04. The van der Waals surface area contributed by atoms with Crippen LogP contribution < -0.4 is 5.73 Å². The monoisotopic (exact) mass is 272 g/mol. The molecule has 92 valence electrons. The van der Waals surface area contributed by atoms with Crippen LogP contribution in [0.25, 0.3) is 0 Å². The molecule has 0 spiro atoms. The maximum atomic E-state index is 12.3. The summed E-state index contributed by atoms with van der Waals surface area (Å²) in [6, 6.07) is 4.48. The summed E-state index contributed by atoms with van der Waals surface area (Å²) in [7, 11) is -3.54. The van der Waals surface area contributed by atoms with Gasteiger partial charge in [-0.25, -0.2) is 8.42 Å². The number of sulfonamides is 1. The normalized spacial score (nSPS) is 17.2. The van der Waals surface area contributed by atoms with Crippen molar-refractivity contribution in [1.82, 2.24) is 4.31 Å². The Bertz CT molecular complexity index is 555. The third-order valence-electron chi connectivity index (χ3n) is 2.61. The van der Waals surface area contributed by atoms with Crippen LogP contribution in [0.15, 0.2) is 35.2 Å². The van der Waals surface area contributed by atoms with Gasteiger partial charge in [0.2, 0.25) is 10.0 Å². The minimum absolute atomic E-state index is 0.0836. The van der Waals surface area contributed by atoms with Gasteiger partial charge in [-0.2, -0.15) is 4.31 Å². The lowest BCUT2D eigenvalue weighted by Crippen LogP contribution is -2.34. The molecule has 0 bridgehead atoms. The molecule has 0 unspecified atom stereocenters. The highest BCUT2D eigenvalue weighted by atomic mass is 35.5. The molecule has 0 atom stereocenters. The SMILES string of the molecule is Nc1ccc(Cl)cc1S(=O)(=O)N1CC=CCC1. The fourth-order valence-electron chi connectivity index (χ4n) is 1.71. The van der Waals surface area contributed by atoms with E-state index in [0.717, 1.165) is 6.42 Å². The molecule has 0 amide bonds. The van der Waals surface area contributed by atoms with Gasteiger partial charge in [0, 0.05) is 18.1 Å². The van der Waals surface area contributed by atoms with Gasteiger partial charge in [-0.3, -0.25) is 0 Å². The Morgan fingerprint density at radius 3 is 2.71 bits per heavy atom. The number of nitrogens with zero attached hydrogens (tertiary/aromatic N) is 1. The van der Waals surface area contributed by atoms with E-state index in [-0.39, 0.29) is 10.6 Å². The molecule has 17 heavy (non-hydrogen) atoms. The molecule has 0 saturated heterocycles. The molecule has 1 heterocycles. The molecule has 6 heteroatoms. The first-order chi connectivity index (χ1) is 8.01. The first kappa shape index (κ1) is 12.4. The van der Waals surface area contributed by atoms with Gasteiger partial charge in [0.15, 0.2) is 0 Å². The highest BCUT2D eigenvalue weighted by Crippen LogP contribution is 2.26. The van der Waals surface area contributed by atoms with Crippen molar-refractivity contribution < 1.29 is 8.42 Å². The van der Waals surface area contributed by atoms with Crippen molar-refractivity contribution in [3.05, 3.63) is 35.4 Å². The molecule has 1 aromatic rings. The number of nitrogen functional groups attached to an aromatic ring is 1. The molecular formula is C11H13ClN2O2S. The predicted molar refractivity (Wildman–Crippen MR) is 68.4 cm³/mol. The second kappa shape index (κ2) is 4.68. The standard InChI is InChI=1S/C11H13ClN2O2S/c12-9-4-5-10(13)11(8-9)17(15,16)14-6-2-1-3-7-14/h1-2,4-5,8H,3,6-7,13H2. The van der Waals surface area contributed by atoms with Gasteiger partial charge < -0.3 is 5.73 Å². The Labute approximate surface area is 106 Å². The van der Waals surface area contributed by atoms with Crippen molar-refractivity contribution in [3.63, 3.8) is 0 Å². The maximum absolute atomic E-state index is 12.3. The number of hydrogen-bond acceptors (Lipinski definition) is 3. The second-order valence-electron chi connectivity index (χ2n) is 3.81. The third kappa shape index (κ3) is 2.46. The van der Waals surface area contributed by atoms with Gasteiger partial charge >= 0.3 is 0 Å². The lowest BCUT2D eigenvalue weighted by Gasteiger charge is -2.23. The third-order valence-corrected chi connectivity index (χ3v) is 4.77. The van der Waals surface area contributed by atoms with E-state index in [1.54, 1.807) is 6.07 Å². The van der Waals surface area contributed by atoms with Gasteiger partial charge in [-0.15, -0.1) is 0 Å². The molecule has 0 radical (unpaired) electrons. The van der Waals surface area contributed by atoms with Gasteiger partial charge in [-0.1, -0.05) is 23.8 Å². The van der Waals surface area contributed by atoms with E-state index in [1.165, 1.54) is 16.4 Å². The number of hydrogen-bond donors (Lipinski definition) is 1. The van der Waals surface area contributed by atoms with Crippen LogP contribution in [0.3, 0.4) is 0 Å². The number of anilines is 1. The van der Waals surface area contributed by atoms with Crippen LogP contribution in [0.2, 0.25) is 5.02 Å². The minimum Gasteiger partial charge on any atom is -0.398 e. The van der Waals surface area contributed by atoms with E-state index in [1.807, 2.05) is 12.2 Å². The minimum atomic E-state index is -3.54. The number of benzene rings is 1. The zero-order chi connectivity index (χ0) is 12.5. The summed E-state index contributed by atoms with van der Waals surface area (Å²) in [5.74, 6) is 0. The fraction of sp³-hybridized carbons (Fsp3) is 0.273. The summed E-state index contributed by atoms with van der Waals surface area (Å²) in [5.41, 5.74) is 5.93. The zero-order valence-electron chi connectivity index (χ0n) is 9.14. The largest absolute Gasteiger partial charge is 0.398 e. The summed E-state index contributed by atoms with van der Waals surface area (Å²) in [6.07, 6.45) is 4.52. The van der Waals surface area contributed by atoms with Crippen LogP contribution in [-0.2, 0) is 10.0 Å². The van der Waals surface area contributed by atoms with Crippen LogP contribution in [0.4, 0.5) is 5.69 Å². The van der Waals surface area contributed by atoms with Crippen LogP contribution in [0.1, 0.15) is 6.42 Å². The molecule has 2 rings (SSSR count). The van der Waals surface area contributed by atoms with E-state index < -0.39 is 10.0 Å². The molecule has 0 saturated carbocycles. The number of nitrogens with two attached hydrogens (primary N) is 1. The molecule has 1 aromatic carbocycles. The first-order valence-electron chi connectivity index (χ1n) is 5.22. The molecule has 0 fully saturated rings. The Morgan fingerprint density at radius 2 is 2.06 bits per heavy atom. The Morgan fingerprint density at radius 1 is 1.29 bits per heavy atom. The van der Waals surface area contributed by atoms with E-state index in [2.05, 4.69) is 0 Å². The molecule has 1 aliphatic heterocycles. The predicted octanol–water partition coefficient (Wildman–Crippen LogP) is 1.87. The molecule has 2 N–H and O–H groups in total. The zero-order valence-corrected chi connectivity index (χ0v) is 10.7. The van der Waals surface area contributed by atoms with E-state index in [0.29, 0.717) is 18.1 Å². The van der Waals surface area contributed by atoms with Crippen molar-refractivity contribution in [2.45, 2.75) is 11.3 Å². The highest BCUT2D eigenvalue weighted by Gasteiger charge is 2.26. The smallest absolute Gasteiger partial charge is 0.245 e. The maximum Gasteiger partial charge on any atom is 0.245 e. The molecule has 4 nitrogen and oxygen atoms in total. The quantitative estimate of drug-likeness (QED) is 0.660. The molecule has 1 aliphatic rings.